The maximum absolute atomic E-state index is 10.9. The molecule has 0 radical (unpaired) electrons. The number of benzene rings is 4. The lowest BCUT2D eigenvalue weighted by atomic mass is 9.99. The van der Waals surface area contributed by atoms with E-state index in [-0.39, 0.29) is 7.43 Å². The van der Waals surface area contributed by atoms with Crippen molar-refractivity contribution in [2.24, 2.45) is 0 Å². The summed E-state index contributed by atoms with van der Waals surface area (Å²) in [7, 11) is 0. The lowest BCUT2D eigenvalue weighted by Gasteiger charge is -2.06. The van der Waals surface area contributed by atoms with Crippen molar-refractivity contribution in [2.75, 3.05) is 0 Å². The van der Waals surface area contributed by atoms with Gasteiger partial charge in [0.15, 0.2) is 0 Å². The SMILES string of the molecule is C.Cc1ccc(Br)c2c1CCC2.Cc1ccc(C(=O)O)c2c1CCC2.Cc1ccc(C=O)c2c1CCC2.Cc1cccc2c1CCC2. The minimum atomic E-state index is -0.793. The Balaban J connectivity index is 0.000000141. The predicted molar refractivity (Wildman–Crippen MR) is 200 cm³/mol. The van der Waals surface area contributed by atoms with Gasteiger partial charge in [-0.2, -0.15) is 0 Å². The number of carbonyl (C=O) groups excluding carboxylic acids is 1. The van der Waals surface area contributed by atoms with E-state index in [2.05, 4.69) is 74.0 Å². The second-order valence-corrected chi connectivity index (χ2v) is 14.0. The highest BCUT2D eigenvalue weighted by molar-refractivity contribution is 9.10. The van der Waals surface area contributed by atoms with Crippen molar-refractivity contribution in [2.45, 2.75) is 112 Å². The van der Waals surface area contributed by atoms with Crippen LogP contribution in [0.1, 0.15) is 121 Å². The van der Waals surface area contributed by atoms with Crippen molar-refractivity contribution in [3.63, 3.8) is 0 Å². The van der Waals surface area contributed by atoms with Gasteiger partial charge < -0.3 is 5.11 Å². The molecule has 0 atom stereocenters. The minimum absolute atomic E-state index is 0. The summed E-state index contributed by atoms with van der Waals surface area (Å²) in [5.74, 6) is -0.793. The van der Waals surface area contributed by atoms with E-state index in [0.717, 1.165) is 49.5 Å². The van der Waals surface area contributed by atoms with E-state index in [0.29, 0.717) is 5.56 Å². The smallest absolute Gasteiger partial charge is 0.335 e. The Morgan fingerprint density at radius 1 is 0.574 bits per heavy atom. The van der Waals surface area contributed by atoms with Gasteiger partial charge in [0.2, 0.25) is 0 Å². The molecule has 0 amide bonds. The molecule has 47 heavy (non-hydrogen) atoms. The van der Waals surface area contributed by atoms with Crippen LogP contribution < -0.4 is 0 Å². The Morgan fingerprint density at radius 3 is 1.64 bits per heavy atom. The van der Waals surface area contributed by atoms with Gasteiger partial charge in [0.25, 0.3) is 0 Å². The fourth-order valence-corrected chi connectivity index (χ4v) is 8.33. The molecule has 4 aromatic rings. The van der Waals surface area contributed by atoms with E-state index in [1.54, 1.807) is 28.3 Å². The summed E-state index contributed by atoms with van der Waals surface area (Å²) in [5, 5.41) is 8.94. The van der Waals surface area contributed by atoms with Crippen LogP contribution >= 0.6 is 15.9 Å². The third-order valence-electron chi connectivity index (χ3n) is 10.3. The van der Waals surface area contributed by atoms with Gasteiger partial charge in [-0.3, -0.25) is 4.79 Å². The summed E-state index contributed by atoms with van der Waals surface area (Å²) in [6, 6.07) is 18.6. The van der Waals surface area contributed by atoms with Crippen LogP contribution in [-0.2, 0) is 51.4 Å². The zero-order valence-corrected chi connectivity index (χ0v) is 29.5. The molecular formula is C43H51BrO3. The Kier molecular flexibility index (Phi) is 12.8. The van der Waals surface area contributed by atoms with Gasteiger partial charge in [-0.1, -0.05) is 65.8 Å². The van der Waals surface area contributed by atoms with Gasteiger partial charge in [0.1, 0.15) is 6.29 Å². The quantitative estimate of drug-likeness (QED) is 0.212. The number of aldehydes is 1. The molecule has 3 nitrogen and oxygen atoms in total. The summed E-state index contributed by atoms with van der Waals surface area (Å²) in [4.78, 5) is 21.5. The normalized spacial score (nSPS) is 14.4. The number of hydrogen-bond acceptors (Lipinski definition) is 2. The fourth-order valence-electron chi connectivity index (χ4n) is 7.76. The lowest BCUT2D eigenvalue weighted by Crippen LogP contribution is -2.02. The van der Waals surface area contributed by atoms with Crippen molar-refractivity contribution in [3.05, 3.63) is 137 Å². The number of carbonyl (C=O) groups is 2. The van der Waals surface area contributed by atoms with Crippen LogP contribution in [-0.4, -0.2) is 17.4 Å². The molecule has 0 bridgehead atoms. The highest BCUT2D eigenvalue weighted by atomic mass is 79.9. The Labute approximate surface area is 291 Å². The monoisotopic (exact) mass is 694 g/mol. The van der Waals surface area contributed by atoms with Crippen LogP contribution in [0, 0.1) is 27.7 Å². The average Bonchev–Trinajstić information content (AvgIpc) is 3.87. The van der Waals surface area contributed by atoms with Crippen molar-refractivity contribution in [3.8, 4) is 0 Å². The first kappa shape index (κ1) is 36.3. The predicted octanol–water partition coefficient (Wildman–Crippen LogP) is 10.8. The maximum atomic E-state index is 10.9. The standard InChI is InChI=1S/C11H12O2.C11H12O.C10H11Br.C10H12.CH4/c1-7-5-6-10(11(12)13)9-4-2-3-8(7)9;1-8-5-6-9(7-12)11-4-2-3-10(8)11;1-7-5-6-10(11)9-4-2-3-8(7)9;1-8-4-2-5-9-6-3-7-10(8)9;/h5-6H,2-4H2,1H3,(H,12,13);5-7H,2-4H2,1H3;5-6H,2-4H2,1H3;2,4-5H,3,6-7H2,1H3;1H4. The summed E-state index contributed by atoms with van der Waals surface area (Å²) in [5.41, 5.74) is 18.3. The lowest BCUT2D eigenvalue weighted by molar-refractivity contribution is 0.0695. The van der Waals surface area contributed by atoms with Crippen molar-refractivity contribution in [1.82, 2.24) is 0 Å². The third-order valence-corrected chi connectivity index (χ3v) is 11.0. The third kappa shape index (κ3) is 8.33. The van der Waals surface area contributed by atoms with E-state index >= 15 is 0 Å². The van der Waals surface area contributed by atoms with Crippen molar-refractivity contribution >= 4 is 28.2 Å². The largest absolute Gasteiger partial charge is 0.478 e. The molecule has 0 spiro atoms. The summed E-state index contributed by atoms with van der Waals surface area (Å²) in [6.07, 6.45) is 15.3. The number of rotatable bonds is 2. The van der Waals surface area contributed by atoms with Crippen LogP contribution in [0.2, 0.25) is 0 Å². The molecule has 0 aliphatic heterocycles. The van der Waals surface area contributed by atoms with Crippen LogP contribution in [0.25, 0.3) is 0 Å². The first-order valence-corrected chi connectivity index (χ1v) is 17.7. The molecule has 0 saturated heterocycles. The summed E-state index contributed by atoms with van der Waals surface area (Å²) in [6.45, 7) is 8.59. The molecule has 0 saturated carbocycles. The van der Waals surface area contributed by atoms with Crippen LogP contribution in [0.5, 0.6) is 0 Å². The van der Waals surface area contributed by atoms with E-state index in [4.69, 9.17) is 5.11 Å². The van der Waals surface area contributed by atoms with Gasteiger partial charge in [-0.05, 0) is 184 Å². The zero-order chi connectivity index (χ0) is 32.8. The molecule has 0 aromatic heterocycles. The second-order valence-electron chi connectivity index (χ2n) is 13.2. The Bertz CT molecular complexity index is 1720. The van der Waals surface area contributed by atoms with Gasteiger partial charge >= 0.3 is 5.97 Å². The number of hydrogen-bond donors (Lipinski definition) is 1. The molecule has 4 aliphatic carbocycles. The second kappa shape index (κ2) is 16.6. The molecule has 1 N–H and O–H groups in total. The number of carboxylic acids is 1. The molecule has 0 fully saturated rings. The molecule has 4 aliphatic rings. The first-order valence-electron chi connectivity index (χ1n) is 16.9. The zero-order valence-electron chi connectivity index (χ0n) is 27.9. The van der Waals surface area contributed by atoms with E-state index < -0.39 is 5.97 Å². The minimum Gasteiger partial charge on any atom is -0.478 e. The molecular weight excluding hydrogens is 644 g/mol. The van der Waals surface area contributed by atoms with Gasteiger partial charge in [0.05, 0.1) is 5.56 Å². The molecule has 4 heteroatoms. The van der Waals surface area contributed by atoms with E-state index in [1.165, 1.54) is 88.4 Å². The van der Waals surface area contributed by atoms with E-state index in [9.17, 15) is 9.59 Å². The van der Waals surface area contributed by atoms with Crippen LogP contribution in [0.4, 0.5) is 0 Å². The van der Waals surface area contributed by atoms with E-state index in [1.807, 2.05) is 18.2 Å². The number of aryl methyl sites for hydroxylation is 5. The highest BCUT2D eigenvalue weighted by Crippen LogP contribution is 2.31. The van der Waals surface area contributed by atoms with Crippen molar-refractivity contribution < 1.29 is 14.7 Å². The number of halogens is 1. The molecule has 0 unspecified atom stereocenters. The number of fused-ring (bicyclic) bond motifs is 4. The van der Waals surface area contributed by atoms with Crippen LogP contribution in [0.3, 0.4) is 0 Å². The highest BCUT2D eigenvalue weighted by Gasteiger charge is 2.20. The van der Waals surface area contributed by atoms with Gasteiger partial charge in [-0.15, -0.1) is 0 Å². The topological polar surface area (TPSA) is 54.4 Å². The average molecular weight is 696 g/mol. The van der Waals surface area contributed by atoms with Crippen molar-refractivity contribution in [1.29, 1.82) is 0 Å². The molecule has 0 heterocycles. The maximum Gasteiger partial charge on any atom is 0.335 e. The molecule has 8 rings (SSSR count). The number of aromatic carboxylic acids is 1. The number of carboxylic acid groups (broad SMARTS) is 1. The summed E-state index contributed by atoms with van der Waals surface area (Å²) >= 11 is 3.58. The molecule has 248 valence electrons. The summed E-state index contributed by atoms with van der Waals surface area (Å²) < 4.78 is 1.30. The Morgan fingerprint density at radius 2 is 1.04 bits per heavy atom. The Hall–Kier alpha value is -3.50. The first-order chi connectivity index (χ1) is 22.2. The molecule has 4 aromatic carbocycles. The van der Waals surface area contributed by atoms with Gasteiger partial charge in [0, 0.05) is 10.0 Å². The fraction of sp³-hybridized carbons (Fsp3) is 0.395. The van der Waals surface area contributed by atoms with Gasteiger partial charge in [-0.25, -0.2) is 4.79 Å². The van der Waals surface area contributed by atoms with Crippen LogP contribution in [0.15, 0.2) is 59.1 Å².